The quantitative estimate of drug-likeness (QED) is 0.632. The number of ketones is 1. The summed E-state index contributed by atoms with van der Waals surface area (Å²) in [4.78, 5) is 22.8. The lowest BCUT2D eigenvalue weighted by Crippen LogP contribution is -2.23. The molecular formula is C15H13BrO3. The van der Waals surface area contributed by atoms with Crippen LogP contribution in [-0.4, -0.2) is 17.9 Å². The van der Waals surface area contributed by atoms with Gasteiger partial charge in [0.05, 0.1) is 5.92 Å². The van der Waals surface area contributed by atoms with Crippen LogP contribution in [0.4, 0.5) is 0 Å². The van der Waals surface area contributed by atoms with Crippen molar-refractivity contribution < 1.29 is 14.3 Å². The number of esters is 1. The summed E-state index contributed by atoms with van der Waals surface area (Å²) in [5, 5.41) is 0. The molecule has 0 unspecified atom stereocenters. The minimum atomic E-state index is -0.468. The third-order valence-electron chi connectivity index (χ3n) is 3.06. The summed E-state index contributed by atoms with van der Waals surface area (Å²) in [5.74, 6) is -0.832. The normalized spacial score (nSPS) is 19.1. The highest BCUT2D eigenvalue weighted by atomic mass is 79.9. The Labute approximate surface area is 120 Å². The van der Waals surface area contributed by atoms with Crippen LogP contribution in [-0.2, 0) is 14.3 Å². The standard InChI is InChI=1S/C15H13BrO3/c1-9(10(2)17)15(13-7-8-14(18)19-13)11-3-5-12(16)6-4-11/h3-8,13,15H,1H2,2H3/t13-,15-/m0/s1. The van der Waals surface area contributed by atoms with E-state index in [0.29, 0.717) is 5.57 Å². The van der Waals surface area contributed by atoms with Gasteiger partial charge in [0.1, 0.15) is 6.10 Å². The first-order valence-electron chi connectivity index (χ1n) is 5.83. The fraction of sp³-hybridized carbons (Fsp3) is 0.200. The number of hydrogen-bond acceptors (Lipinski definition) is 3. The first-order valence-corrected chi connectivity index (χ1v) is 6.62. The Kier molecular flexibility index (Phi) is 4.00. The van der Waals surface area contributed by atoms with Crippen molar-refractivity contribution in [3.8, 4) is 0 Å². The minimum Gasteiger partial charge on any atom is -0.454 e. The second-order valence-electron chi connectivity index (χ2n) is 4.37. The summed E-state index contributed by atoms with van der Waals surface area (Å²) in [6.45, 7) is 5.30. The summed E-state index contributed by atoms with van der Waals surface area (Å²) < 4.78 is 6.15. The van der Waals surface area contributed by atoms with E-state index in [1.165, 1.54) is 13.0 Å². The molecule has 1 aliphatic rings. The summed E-state index contributed by atoms with van der Waals surface area (Å²) in [6.07, 6.45) is 2.58. The lowest BCUT2D eigenvalue weighted by molar-refractivity contribution is -0.139. The molecule has 0 amide bonds. The van der Waals surface area contributed by atoms with Gasteiger partial charge in [0.2, 0.25) is 0 Å². The second-order valence-corrected chi connectivity index (χ2v) is 5.29. The molecule has 0 saturated heterocycles. The van der Waals surface area contributed by atoms with Crippen molar-refractivity contribution in [2.45, 2.75) is 18.9 Å². The zero-order valence-electron chi connectivity index (χ0n) is 10.4. The molecule has 1 aliphatic heterocycles. The van der Waals surface area contributed by atoms with Gasteiger partial charge in [-0.3, -0.25) is 4.79 Å². The molecule has 98 valence electrons. The Hall–Kier alpha value is -1.68. The van der Waals surface area contributed by atoms with Gasteiger partial charge < -0.3 is 4.74 Å². The van der Waals surface area contributed by atoms with Crippen LogP contribution < -0.4 is 0 Å². The van der Waals surface area contributed by atoms with Gasteiger partial charge in [-0.2, -0.15) is 0 Å². The van der Waals surface area contributed by atoms with Gasteiger partial charge in [-0.25, -0.2) is 4.79 Å². The van der Waals surface area contributed by atoms with Gasteiger partial charge in [-0.05, 0) is 36.3 Å². The summed E-state index contributed by atoms with van der Waals surface area (Å²) in [5.41, 5.74) is 1.33. The molecule has 3 nitrogen and oxygen atoms in total. The van der Waals surface area contributed by atoms with Crippen molar-refractivity contribution in [3.05, 3.63) is 58.6 Å². The van der Waals surface area contributed by atoms with Crippen molar-refractivity contribution in [2.24, 2.45) is 0 Å². The first-order chi connectivity index (χ1) is 8.99. The number of halogens is 1. The third kappa shape index (κ3) is 3.01. The molecule has 0 fully saturated rings. The van der Waals surface area contributed by atoms with Crippen LogP contribution in [0.1, 0.15) is 18.4 Å². The van der Waals surface area contributed by atoms with E-state index in [4.69, 9.17) is 4.74 Å². The number of carbonyl (C=O) groups is 2. The van der Waals surface area contributed by atoms with Gasteiger partial charge in [-0.1, -0.05) is 34.6 Å². The van der Waals surface area contributed by atoms with Crippen molar-refractivity contribution in [1.29, 1.82) is 0 Å². The number of cyclic esters (lactones) is 1. The molecule has 0 aromatic heterocycles. The molecule has 0 saturated carbocycles. The largest absolute Gasteiger partial charge is 0.454 e. The van der Waals surface area contributed by atoms with Gasteiger partial charge in [0, 0.05) is 10.5 Å². The molecule has 1 heterocycles. The van der Waals surface area contributed by atoms with Crippen molar-refractivity contribution in [1.82, 2.24) is 0 Å². The first kappa shape index (κ1) is 13.7. The number of rotatable bonds is 4. The molecule has 19 heavy (non-hydrogen) atoms. The van der Waals surface area contributed by atoms with E-state index in [-0.39, 0.29) is 17.7 Å². The van der Waals surface area contributed by atoms with Crippen LogP contribution in [0.5, 0.6) is 0 Å². The number of hydrogen-bond donors (Lipinski definition) is 0. The van der Waals surface area contributed by atoms with Crippen LogP contribution in [0.2, 0.25) is 0 Å². The molecule has 0 spiro atoms. The van der Waals surface area contributed by atoms with Gasteiger partial charge >= 0.3 is 5.97 Å². The van der Waals surface area contributed by atoms with Gasteiger partial charge in [0.25, 0.3) is 0 Å². The lowest BCUT2D eigenvalue weighted by Gasteiger charge is -2.23. The lowest BCUT2D eigenvalue weighted by atomic mass is 9.85. The summed E-state index contributed by atoms with van der Waals surface area (Å²) >= 11 is 3.36. The predicted molar refractivity (Wildman–Crippen MR) is 75.7 cm³/mol. The molecule has 4 heteroatoms. The summed E-state index contributed by atoms with van der Waals surface area (Å²) in [7, 11) is 0. The SMILES string of the molecule is C=C(C(C)=O)[C@@H](c1ccc(Br)cc1)[C@@H]1C=CC(=O)O1. The minimum absolute atomic E-state index is 0.107. The van der Waals surface area contributed by atoms with Crippen molar-refractivity contribution in [2.75, 3.05) is 0 Å². The van der Waals surface area contributed by atoms with Crippen LogP contribution in [0.25, 0.3) is 0 Å². The second kappa shape index (κ2) is 5.53. The van der Waals surface area contributed by atoms with Crippen molar-refractivity contribution in [3.63, 3.8) is 0 Å². The topological polar surface area (TPSA) is 43.4 Å². The van der Waals surface area contributed by atoms with E-state index in [0.717, 1.165) is 10.0 Å². The summed E-state index contributed by atoms with van der Waals surface area (Å²) in [6, 6.07) is 7.55. The van der Waals surface area contributed by atoms with E-state index < -0.39 is 6.10 Å². The fourth-order valence-corrected chi connectivity index (χ4v) is 2.31. The molecule has 0 N–H and O–H groups in total. The van der Waals surface area contributed by atoms with Crippen LogP contribution >= 0.6 is 15.9 Å². The van der Waals surface area contributed by atoms with E-state index >= 15 is 0 Å². The monoisotopic (exact) mass is 320 g/mol. The Morgan fingerprint density at radius 1 is 1.37 bits per heavy atom. The number of Topliss-reactive ketones (excluding diaryl/α,β-unsaturated/α-hetero) is 1. The predicted octanol–water partition coefficient (Wildman–Crippen LogP) is 3.16. The molecule has 2 rings (SSSR count). The van der Waals surface area contributed by atoms with Crippen LogP contribution in [0.3, 0.4) is 0 Å². The molecule has 1 aromatic carbocycles. The van der Waals surface area contributed by atoms with Crippen molar-refractivity contribution >= 4 is 27.7 Å². The molecule has 0 radical (unpaired) electrons. The Balaban J connectivity index is 2.37. The number of benzene rings is 1. The van der Waals surface area contributed by atoms with E-state index in [9.17, 15) is 9.59 Å². The van der Waals surface area contributed by atoms with Gasteiger partial charge in [0.15, 0.2) is 5.78 Å². The molecule has 0 bridgehead atoms. The Morgan fingerprint density at radius 3 is 2.47 bits per heavy atom. The molecule has 2 atom stereocenters. The maximum Gasteiger partial charge on any atom is 0.331 e. The Morgan fingerprint density at radius 2 is 2.00 bits per heavy atom. The average molecular weight is 321 g/mol. The van der Waals surface area contributed by atoms with Gasteiger partial charge in [-0.15, -0.1) is 0 Å². The maximum atomic E-state index is 11.6. The van der Waals surface area contributed by atoms with E-state index in [1.807, 2.05) is 24.3 Å². The van der Waals surface area contributed by atoms with E-state index in [2.05, 4.69) is 22.5 Å². The Bertz CT molecular complexity index is 557. The maximum absolute atomic E-state index is 11.6. The number of carbonyl (C=O) groups excluding carboxylic acids is 2. The zero-order valence-corrected chi connectivity index (χ0v) is 12.0. The molecule has 0 aliphatic carbocycles. The highest BCUT2D eigenvalue weighted by Crippen LogP contribution is 2.32. The highest BCUT2D eigenvalue weighted by Gasteiger charge is 2.31. The zero-order chi connectivity index (χ0) is 14.0. The highest BCUT2D eigenvalue weighted by molar-refractivity contribution is 9.10. The average Bonchev–Trinajstić information content (AvgIpc) is 2.78. The molecular weight excluding hydrogens is 308 g/mol. The van der Waals surface area contributed by atoms with Crippen LogP contribution in [0.15, 0.2) is 53.0 Å². The molecule has 1 aromatic rings. The number of ether oxygens (including phenoxy) is 1. The smallest absolute Gasteiger partial charge is 0.331 e. The van der Waals surface area contributed by atoms with Crippen LogP contribution in [0, 0.1) is 0 Å². The fourth-order valence-electron chi connectivity index (χ4n) is 2.04. The van der Waals surface area contributed by atoms with E-state index in [1.54, 1.807) is 6.08 Å². The third-order valence-corrected chi connectivity index (χ3v) is 3.59.